The van der Waals surface area contributed by atoms with Crippen LogP contribution in [0.4, 0.5) is 0 Å². The number of hydrogen-bond donors (Lipinski definition) is 1. The molecule has 0 radical (unpaired) electrons. The zero-order chi connectivity index (χ0) is 21.3. The van der Waals surface area contributed by atoms with Crippen molar-refractivity contribution in [3.05, 3.63) is 59.7 Å². The number of rotatable bonds is 6. The molecule has 3 heterocycles. The van der Waals surface area contributed by atoms with E-state index in [1.165, 1.54) is 6.20 Å². The van der Waals surface area contributed by atoms with Crippen molar-refractivity contribution in [1.82, 2.24) is 24.3 Å². The van der Waals surface area contributed by atoms with Crippen LogP contribution < -0.4 is 4.72 Å². The summed E-state index contributed by atoms with van der Waals surface area (Å²) in [6.45, 7) is 7.15. The Morgan fingerprint density at radius 2 is 1.87 bits per heavy atom. The lowest BCUT2D eigenvalue weighted by Gasteiger charge is -2.22. The Morgan fingerprint density at radius 3 is 2.50 bits per heavy atom. The molecule has 8 nitrogen and oxygen atoms in total. The van der Waals surface area contributed by atoms with Gasteiger partial charge in [0.05, 0.1) is 23.6 Å². The van der Waals surface area contributed by atoms with Gasteiger partial charge in [0.25, 0.3) is 0 Å². The third kappa shape index (κ3) is 4.33. The smallest absolute Gasteiger partial charge is 0.244 e. The SMILES string of the molecule is Cc1cc(C)n(-c2ccc(C(C)NS(=O)(=O)c3cnn(C4CCOCC4)c3)cc2)n1. The monoisotopic (exact) mass is 429 g/mol. The minimum Gasteiger partial charge on any atom is -0.381 e. The van der Waals surface area contributed by atoms with Crippen LogP contribution in [-0.4, -0.2) is 41.2 Å². The van der Waals surface area contributed by atoms with Crippen molar-refractivity contribution in [2.24, 2.45) is 0 Å². The Kier molecular flexibility index (Phi) is 5.77. The number of aryl methyl sites for hydroxylation is 2. The number of nitrogens with one attached hydrogen (secondary N) is 1. The molecule has 1 aliphatic heterocycles. The van der Waals surface area contributed by atoms with Crippen LogP contribution in [0.1, 0.15) is 48.8 Å². The Balaban J connectivity index is 1.47. The highest BCUT2D eigenvalue weighted by atomic mass is 32.2. The van der Waals surface area contributed by atoms with E-state index >= 15 is 0 Å². The van der Waals surface area contributed by atoms with Crippen molar-refractivity contribution < 1.29 is 13.2 Å². The second-order valence-corrected chi connectivity index (χ2v) is 9.49. The van der Waals surface area contributed by atoms with Gasteiger partial charge < -0.3 is 4.74 Å². The van der Waals surface area contributed by atoms with Crippen LogP contribution in [0, 0.1) is 13.8 Å². The van der Waals surface area contributed by atoms with Gasteiger partial charge in [-0.15, -0.1) is 0 Å². The van der Waals surface area contributed by atoms with E-state index in [0.717, 1.165) is 35.5 Å². The fourth-order valence-electron chi connectivity index (χ4n) is 3.77. The molecule has 0 amide bonds. The first-order valence-corrected chi connectivity index (χ1v) is 11.6. The summed E-state index contributed by atoms with van der Waals surface area (Å²) in [5, 5.41) is 8.76. The highest BCUT2D eigenvalue weighted by Crippen LogP contribution is 2.23. The summed E-state index contributed by atoms with van der Waals surface area (Å²) in [5.74, 6) is 0. The number of ether oxygens (including phenoxy) is 1. The van der Waals surface area contributed by atoms with Crippen LogP contribution in [0.15, 0.2) is 47.6 Å². The van der Waals surface area contributed by atoms with Crippen molar-refractivity contribution in [2.45, 2.75) is 50.6 Å². The molecule has 160 valence electrons. The maximum absolute atomic E-state index is 12.8. The lowest BCUT2D eigenvalue weighted by molar-refractivity contribution is 0.0662. The minimum absolute atomic E-state index is 0.181. The van der Waals surface area contributed by atoms with Gasteiger partial charge in [0.15, 0.2) is 0 Å². The molecular formula is C21H27N5O3S. The largest absolute Gasteiger partial charge is 0.381 e. The lowest BCUT2D eigenvalue weighted by atomic mass is 10.1. The van der Waals surface area contributed by atoms with Gasteiger partial charge in [-0.05, 0) is 57.4 Å². The van der Waals surface area contributed by atoms with Gasteiger partial charge in [-0.25, -0.2) is 17.8 Å². The normalized spacial score (nSPS) is 16.6. The Bertz CT molecular complexity index is 1110. The molecule has 0 spiro atoms. The van der Waals surface area contributed by atoms with E-state index < -0.39 is 10.0 Å². The molecule has 30 heavy (non-hydrogen) atoms. The van der Waals surface area contributed by atoms with E-state index in [4.69, 9.17) is 4.74 Å². The summed E-state index contributed by atoms with van der Waals surface area (Å²) in [7, 11) is -3.67. The molecule has 0 saturated carbocycles. The molecule has 4 rings (SSSR count). The fourth-order valence-corrected chi connectivity index (χ4v) is 4.94. The van der Waals surface area contributed by atoms with Crippen LogP contribution in [0.3, 0.4) is 0 Å². The lowest BCUT2D eigenvalue weighted by Crippen LogP contribution is -2.26. The molecule has 1 fully saturated rings. The molecule has 1 atom stereocenters. The van der Waals surface area contributed by atoms with Crippen molar-refractivity contribution in [1.29, 1.82) is 0 Å². The molecule has 3 aromatic rings. The summed E-state index contributed by atoms with van der Waals surface area (Å²) in [4.78, 5) is 0.181. The highest BCUT2D eigenvalue weighted by Gasteiger charge is 2.23. The Hall–Kier alpha value is -2.49. The molecule has 0 bridgehead atoms. The topological polar surface area (TPSA) is 91.0 Å². The number of aromatic nitrogens is 4. The van der Waals surface area contributed by atoms with E-state index in [2.05, 4.69) is 14.9 Å². The molecule has 2 aromatic heterocycles. The Morgan fingerprint density at radius 1 is 1.17 bits per heavy atom. The van der Waals surface area contributed by atoms with Crippen LogP contribution >= 0.6 is 0 Å². The molecule has 1 aromatic carbocycles. The molecule has 9 heteroatoms. The highest BCUT2D eigenvalue weighted by molar-refractivity contribution is 7.89. The Labute approximate surface area is 176 Å². The van der Waals surface area contributed by atoms with E-state index in [0.29, 0.717) is 13.2 Å². The van der Waals surface area contributed by atoms with Gasteiger partial charge >= 0.3 is 0 Å². The van der Waals surface area contributed by atoms with Crippen molar-refractivity contribution >= 4 is 10.0 Å². The third-order valence-corrected chi connectivity index (χ3v) is 6.93. The van der Waals surface area contributed by atoms with E-state index in [-0.39, 0.29) is 17.0 Å². The first kappa shape index (κ1) is 20.8. The minimum atomic E-state index is -3.67. The summed E-state index contributed by atoms with van der Waals surface area (Å²) in [5.41, 5.74) is 3.83. The standard InChI is InChI=1S/C21H27N5O3S/c1-15-12-16(2)26(23-15)20-6-4-18(5-7-20)17(3)24-30(27,28)21-13-22-25(14-21)19-8-10-29-11-9-19/h4-7,12-14,17,19,24H,8-11H2,1-3H3. The molecule has 1 aliphatic rings. The second kappa shape index (κ2) is 8.33. The van der Waals surface area contributed by atoms with Crippen LogP contribution in [0.5, 0.6) is 0 Å². The first-order chi connectivity index (χ1) is 14.3. The number of hydrogen-bond acceptors (Lipinski definition) is 5. The molecule has 1 N–H and O–H groups in total. The maximum Gasteiger partial charge on any atom is 0.244 e. The molecular weight excluding hydrogens is 402 g/mol. The van der Waals surface area contributed by atoms with Crippen molar-refractivity contribution in [3.63, 3.8) is 0 Å². The summed E-state index contributed by atoms with van der Waals surface area (Å²) >= 11 is 0. The second-order valence-electron chi connectivity index (χ2n) is 7.77. The van der Waals surface area contributed by atoms with Gasteiger partial charge in [0.1, 0.15) is 4.90 Å². The van der Waals surface area contributed by atoms with Crippen molar-refractivity contribution in [3.8, 4) is 5.69 Å². The van der Waals surface area contributed by atoms with Gasteiger partial charge in [-0.1, -0.05) is 12.1 Å². The quantitative estimate of drug-likeness (QED) is 0.650. The van der Waals surface area contributed by atoms with E-state index in [1.807, 2.05) is 55.8 Å². The van der Waals surface area contributed by atoms with Gasteiger partial charge in [0.2, 0.25) is 10.0 Å². The predicted molar refractivity (Wildman–Crippen MR) is 113 cm³/mol. The van der Waals surface area contributed by atoms with Crippen LogP contribution in [-0.2, 0) is 14.8 Å². The van der Waals surface area contributed by atoms with E-state index in [1.54, 1.807) is 10.9 Å². The summed E-state index contributed by atoms with van der Waals surface area (Å²) in [6.07, 6.45) is 4.70. The van der Waals surface area contributed by atoms with E-state index in [9.17, 15) is 8.42 Å². The maximum atomic E-state index is 12.8. The zero-order valence-corrected chi connectivity index (χ0v) is 18.3. The van der Waals surface area contributed by atoms with Gasteiger partial charge in [-0.2, -0.15) is 10.2 Å². The fraction of sp³-hybridized carbons (Fsp3) is 0.429. The average molecular weight is 430 g/mol. The van der Waals surface area contributed by atoms with Crippen LogP contribution in [0.25, 0.3) is 5.69 Å². The molecule has 1 saturated heterocycles. The number of benzene rings is 1. The zero-order valence-electron chi connectivity index (χ0n) is 17.4. The summed E-state index contributed by atoms with van der Waals surface area (Å²) < 4.78 is 37.4. The predicted octanol–water partition coefficient (Wildman–Crippen LogP) is 3.08. The molecule has 0 aliphatic carbocycles. The van der Waals surface area contributed by atoms with Crippen molar-refractivity contribution in [2.75, 3.05) is 13.2 Å². The molecule has 1 unspecified atom stereocenters. The number of nitrogens with zero attached hydrogens (tertiary/aromatic N) is 4. The average Bonchev–Trinajstić information content (AvgIpc) is 3.35. The number of sulfonamides is 1. The van der Waals surface area contributed by atoms with Gasteiger partial charge in [-0.3, -0.25) is 4.68 Å². The van der Waals surface area contributed by atoms with Gasteiger partial charge in [0, 0.05) is 31.1 Å². The third-order valence-electron chi connectivity index (χ3n) is 5.43. The van der Waals surface area contributed by atoms with Crippen LogP contribution in [0.2, 0.25) is 0 Å². The summed E-state index contributed by atoms with van der Waals surface area (Å²) in [6, 6.07) is 9.56. The first-order valence-electron chi connectivity index (χ1n) is 10.1.